The predicted octanol–water partition coefficient (Wildman–Crippen LogP) is 3.97. The summed E-state index contributed by atoms with van der Waals surface area (Å²) < 4.78 is 1.98. The molecule has 4 unspecified atom stereocenters. The van der Waals surface area contributed by atoms with E-state index in [0.29, 0.717) is 6.04 Å². The van der Waals surface area contributed by atoms with Gasteiger partial charge >= 0.3 is 0 Å². The van der Waals surface area contributed by atoms with Gasteiger partial charge in [-0.15, -0.1) is 24.0 Å². The number of fused-ring (bicyclic) bond motifs is 2. The molecule has 154 valence electrons. The standard InChI is InChI=1S/C21H37N5.HI/c1-6-22-21(23-10-9-19-13-17-7-8-18(19)12-17)24-14(2)11-20-15(3)25-26(5)16(20)4;/h14,17-19H,6-13H2,1-5H3,(H2,22,23,24);1H. The number of guanidine groups is 1. The monoisotopic (exact) mass is 487 g/mol. The SMILES string of the molecule is CCNC(=NCCC1CC2CCC1C2)NC(C)Cc1c(C)nn(C)c1C.I. The van der Waals surface area contributed by atoms with Crippen molar-refractivity contribution >= 4 is 29.9 Å². The molecule has 2 saturated carbocycles. The first-order chi connectivity index (χ1) is 12.5. The Morgan fingerprint density at radius 1 is 1.30 bits per heavy atom. The van der Waals surface area contributed by atoms with Gasteiger partial charge in [0.05, 0.1) is 5.69 Å². The molecule has 2 fully saturated rings. The summed E-state index contributed by atoms with van der Waals surface area (Å²) in [5, 5.41) is 11.5. The van der Waals surface area contributed by atoms with Gasteiger partial charge in [0.25, 0.3) is 0 Å². The van der Waals surface area contributed by atoms with Gasteiger partial charge in [0.1, 0.15) is 0 Å². The molecule has 2 bridgehead atoms. The zero-order chi connectivity index (χ0) is 18.7. The summed E-state index contributed by atoms with van der Waals surface area (Å²) in [4.78, 5) is 4.87. The topological polar surface area (TPSA) is 54.2 Å². The summed E-state index contributed by atoms with van der Waals surface area (Å²) in [5.41, 5.74) is 3.75. The maximum atomic E-state index is 4.87. The number of halogens is 1. The van der Waals surface area contributed by atoms with Crippen LogP contribution in [0.4, 0.5) is 0 Å². The van der Waals surface area contributed by atoms with Crippen LogP contribution in [0.3, 0.4) is 0 Å². The summed E-state index contributed by atoms with van der Waals surface area (Å²) in [6.07, 6.45) is 8.14. The van der Waals surface area contributed by atoms with Crippen LogP contribution in [0.25, 0.3) is 0 Å². The summed E-state index contributed by atoms with van der Waals surface area (Å²) >= 11 is 0. The van der Waals surface area contributed by atoms with Crippen molar-refractivity contribution in [3.05, 3.63) is 17.0 Å². The molecule has 1 aromatic heterocycles. The van der Waals surface area contributed by atoms with E-state index in [-0.39, 0.29) is 24.0 Å². The van der Waals surface area contributed by atoms with Gasteiger partial charge < -0.3 is 10.6 Å². The van der Waals surface area contributed by atoms with Crippen LogP contribution in [0.2, 0.25) is 0 Å². The predicted molar refractivity (Wildman–Crippen MR) is 124 cm³/mol. The molecule has 3 rings (SSSR count). The smallest absolute Gasteiger partial charge is 0.191 e. The first-order valence-corrected chi connectivity index (χ1v) is 10.5. The number of hydrogen-bond acceptors (Lipinski definition) is 2. The molecule has 2 aliphatic carbocycles. The Balaban J connectivity index is 0.00000261. The summed E-state index contributed by atoms with van der Waals surface area (Å²) in [6.45, 7) is 10.5. The number of rotatable bonds is 7. The van der Waals surface area contributed by atoms with Gasteiger partial charge in [-0.25, -0.2) is 0 Å². The average molecular weight is 487 g/mol. The van der Waals surface area contributed by atoms with E-state index in [4.69, 9.17) is 4.99 Å². The third-order valence-electron chi connectivity index (χ3n) is 6.55. The van der Waals surface area contributed by atoms with Crippen molar-refractivity contribution in [2.75, 3.05) is 13.1 Å². The van der Waals surface area contributed by atoms with Crippen LogP contribution in [0.1, 0.15) is 62.9 Å². The lowest BCUT2D eigenvalue weighted by atomic mass is 9.86. The van der Waals surface area contributed by atoms with Crippen molar-refractivity contribution in [1.82, 2.24) is 20.4 Å². The fraction of sp³-hybridized carbons (Fsp3) is 0.810. The normalized spacial score (nSPS) is 25.4. The van der Waals surface area contributed by atoms with Gasteiger partial charge in [-0.3, -0.25) is 9.67 Å². The number of nitrogens with zero attached hydrogens (tertiary/aromatic N) is 3. The highest BCUT2D eigenvalue weighted by Gasteiger charge is 2.38. The minimum Gasteiger partial charge on any atom is -0.357 e. The second-order valence-corrected chi connectivity index (χ2v) is 8.51. The zero-order valence-corrected chi connectivity index (χ0v) is 20.0. The Kier molecular flexibility index (Phi) is 8.43. The van der Waals surface area contributed by atoms with Gasteiger partial charge in [-0.1, -0.05) is 6.42 Å². The molecule has 0 aromatic carbocycles. The molecule has 1 heterocycles. The highest BCUT2D eigenvalue weighted by Crippen LogP contribution is 2.49. The van der Waals surface area contributed by atoms with Crippen molar-refractivity contribution in [2.24, 2.45) is 29.8 Å². The van der Waals surface area contributed by atoms with Gasteiger partial charge in [0.2, 0.25) is 0 Å². The van der Waals surface area contributed by atoms with E-state index in [0.717, 1.165) is 48.9 Å². The fourth-order valence-corrected chi connectivity index (χ4v) is 5.10. The molecule has 0 amide bonds. The summed E-state index contributed by atoms with van der Waals surface area (Å²) in [7, 11) is 2.02. The Labute approximate surface area is 182 Å². The zero-order valence-electron chi connectivity index (χ0n) is 17.7. The van der Waals surface area contributed by atoms with E-state index in [1.165, 1.54) is 43.4 Å². The second-order valence-electron chi connectivity index (χ2n) is 8.51. The maximum absolute atomic E-state index is 4.87. The Morgan fingerprint density at radius 2 is 2.07 bits per heavy atom. The molecule has 5 nitrogen and oxygen atoms in total. The molecular weight excluding hydrogens is 449 g/mol. The van der Waals surface area contributed by atoms with Crippen LogP contribution in [0.5, 0.6) is 0 Å². The highest BCUT2D eigenvalue weighted by molar-refractivity contribution is 14.0. The average Bonchev–Trinajstić information content (AvgIpc) is 3.27. The molecule has 2 N–H and O–H groups in total. The minimum atomic E-state index is 0. The van der Waals surface area contributed by atoms with E-state index in [1.807, 2.05) is 11.7 Å². The lowest BCUT2D eigenvalue weighted by Gasteiger charge is -2.21. The van der Waals surface area contributed by atoms with Gasteiger partial charge in [-0.05, 0) is 83.1 Å². The molecule has 0 aliphatic heterocycles. The Bertz CT molecular complexity index is 639. The van der Waals surface area contributed by atoms with E-state index < -0.39 is 0 Å². The van der Waals surface area contributed by atoms with Crippen LogP contribution >= 0.6 is 24.0 Å². The number of nitrogens with one attached hydrogen (secondary N) is 2. The van der Waals surface area contributed by atoms with Crippen molar-refractivity contribution in [2.45, 2.75) is 72.3 Å². The van der Waals surface area contributed by atoms with Crippen molar-refractivity contribution in [1.29, 1.82) is 0 Å². The quantitative estimate of drug-likeness (QED) is 0.348. The number of hydrogen-bond donors (Lipinski definition) is 2. The molecule has 0 spiro atoms. The van der Waals surface area contributed by atoms with E-state index in [2.05, 4.69) is 43.4 Å². The third kappa shape index (κ3) is 5.61. The van der Waals surface area contributed by atoms with Crippen molar-refractivity contribution in [3.63, 3.8) is 0 Å². The van der Waals surface area contributed by atoms with Gasteiger partial charge in [0.15, 0.2) is 5.96 Å². The van der Waals surface area contributed by atoms with Crippen LogP contribution in [-0.4, -0.2) is 34.9 Å². The number of aromatic nitrogens is 2. The Hall–Kier alpha value is -0.790. The van der Waals surface area contributed by atoms with E-state index in [9.17, 15) is 0 Å². The minimum absolute atomic E-state index is 0. The molecule has 2 aliphatic rings. The second kappa shape index (κ2) is 10.1. The Morgan fingerprint density at radius 3 is 2.63 bits per heavy atom. The third-order valence-corrected chi connectivity index (χ3v) is 6.55. The van der Waals surface area contributed by atoms with Gasteiger partial charge in [-0.2, -0.15) is 5.10 Å². The van der Waals surface area contributed by atoms with E-state index >= 15 is 0 Å². The summed E-state index contributed by atoms with van der Waals surface area (Å²) in [6, 6.07) is 0.330. The number of aliphatic imine (C=N–C) groups is 1. The van der Waals surface area contributed by atoms with Crippen LogP contribution in [0.15, 0.2) is 4.99 Å². The van der Waals surface area contributed by atoms with Crippen LogP contribution in [0, 0.1) is 31.6 Å². The van der Waals surface area contributed by atoms with Crippen molar-refractivity contribution in [3.8, 4) is 0 Å². The molecule has 0 saturated heterocycles. The highest BCUT2D eigenvalue weighted by atomic mass is 127. The lowest BCUT2D eigenvalue weighted by Crippen LogP contribution is -2.43. The lowest BCUT2D eigenvalue weighted by molar-refractivity contribution is 0.318. The first kappa shape index (κ1) is 22.5. The molecule has 27 heavy (non-hydrogen) atoms. The van der Waals surface area contributed by atoms with Crippen LogP contribution in [-0.2, 0) is 13.5 Å². The van der Waals surface area contributed by atoms with Crippen molar-refractivity contribution < 1.29 is 0 Å². The molecule has 1 aromatic rings. The van der Waals surface area contributed by atoms with Crippen LogP contribution < -0.4 is 10.6 Å². The summed E-state index contributed by atoms with van der Waals surface area (Å²) in [5.74, 6) is 3.92. The molecular formula is C21H38IN5. The number of aryl methyl sites for hydroxylation is 2. The fourth-order valence-electron chi connectivity index (χ4n) is 5.10. The maximum Gasteiger partial charge on any atom is 0.191 e. The molecule has 0 radical (unpaired) electrons. The van der Waals surface area contributed by atoms with E-state index in [1.54, 1.807) is 0 Å². The van der Waals surface area contributed by atoms with Gasteiger partial charge in [0, 0.05) is 31.9 Å². The first-order valence-electron chi connectivity index (χ1n) is 10.5. The largest absolute Gasteiger partial charge is 0.357 e. The molecule has 6 heteroatoms. The molecule has 4 atom stereocenters.